The minimum absolute atomic E-state index is 0.0585. The van der Waals surface area contributed by atoms with Gasteiger partial charge in [0.15, 0.2) is 0 Å². The molecule has 1 aliphatic rings. The Hall–Kier alpha value is -2.24. The molecule has 6 heteroatoms. The molecule has 0 saturated carbocycles. The number of nitrogens with one attached hydrogen (secondary N) is 1. The fraction of sp³-hybridized carbons (Fsp3) is 0.381. The molecule has 0 bridgehead atoms. The highest BCUT2D eigenvalue weighted by molar-refractivity contribution is 6.31. The van der Waals surface area contributed by atoms with Gasteiger partial charge in [-0.1, -0.05) is 23.7 Å². The average Bonchev–Trinajstić information content (AvgIpc) is 2.65. The van der Waals surface area contributed by atoms with Gasteiger partial charge in [0.1, 0.15) is 5.75 Å². The van der Waals surface area contributed by atoms with Gasteiger partial charge in [0, 0.05) is 31.2 Å². The van der Waals surface area contributed by atoms with Gasteiger partial charge in [-0.3, -0.25) is 4.79 Å². The molecule has 5 nitrogen and oxygen atoms in total. The van der Waals surface area contributed by atoms with Crippen molar-refractivity contribution in [3.8, 4) is 5.75 Å². The van der Waals surface area contributed by atoms with Crippen molar-refractivity contribution in [1.29, 1.82) is 0 Å². The maximum Gasteiger partial charge on any atom is 0.228 e. The minimum atomic E-state index is -0.0585. The zero-order valence-corrected chi connectivity index (χ0v) is 16.6. The van der Waals surface area contributed by atoms with Crippen molar-refractivity contribution < 1.29 is 9.53 Å². The molecule has 0 radical (unpaired) electrons. The van der Waals surface area contributed by atoms with Gasteiger partial charge in [-0.05, 0) is 49.9 Å². The third kappa shape index (κ3) is 5.37. The normalized spacial score (nSPS) is 14.9. The number of benzene rings is 2. The number of carbonyl (C=O) groups excluding carboxylic acids is 1. The number of amides is 1. The van der Waals surface area contributed by atoms with Crippen LogP contribution >= 0.6 is 11.6 Å². The summed E-state index contributed by atoms with van der Waals surface area (Å²) in [6.07, 6.45) is 0.307. The molecule has 1 N–H and O–H groups in total. The van der Waals surface area contributed by atoms with E-state index >= 15 is 0 Å². The van der Waals surface area contributed by atoms with Crippen LogP contribution in [-0.4, -0.2) is 50.6 Å². The molecule has 0 aromatic heterocycles. The lowest BCUT2D eigenvalue weighted by molar-refractivity contribution is -0.115. The van der Waals surface area contributed by atoms with Crippen LogP contribution in [-0.2, 0) is 11.2 Å². The van der Waals surface area contributed by atoms with Crippen LogP contribution in [0.5, 0.6) is 5.75 Å². The molecule has 27 heavy (non-hydrogen) atoms. The minimum Gasteiger partial charge on any atom is -0.494 e. The predicted molar refractivity (Wildman–Crippen MR) is 111 cm³/mol. The molecule has 0 spiro atoms. The Morgan fingerprint density at radius 3 is 2.48 bits per heavy atom. The van der Waals surface area contributed by atoms with Gasteiger partial charge >= 0.3 is 0 Å². The van der Waals surface area contributed by atoms with Crippen LogP contribution in [0.25, 0.3) is 0 Å². The summed E-state index contributed by atoms with van der Waals surface area (Å²) in [6, 6.07) is 13.3. The first-order chi connectivity index (χ1) is 13.0. The van der Waals surface area contributed by atoms with E-state index < -0.39 is 0 Å². The van der Waals surface area contributed by atoms with Gasteiger partial charge < -0.3 is 19.9 Å². The second-order valence-corrected chi connectivity index (χ2v) is 7.19. The Balaban J connectivity index is 1.68. The zero-order chi connectivity index (χ0) is 19.2. The molecule has 1 amide bonds. The van der Waals surface area contributed by atoms with Crippen molar-refractivity contribution in [1.82, 2.24) is 4.90 Å². The number of halogens is 1. The molecule has 0 aliphatic carbocycles. The molecule has 1 fully saturated rings. The standard InChI is InChI=1S/C21H26ClN3O2/c1-3-27-18-7-4-16(5-8-18)14-21(26)23-19-15-17(22)6-9-20(19)25-12-10-24(2)11-13-25/h4-9,15H,3,10-14H2,1-2H3,(H,23,26). The van der Waals surface area contributed by atoms with Gasteiger partial charge in [-0.2, -0.15) is 0 Å². The summed E-state index contributed by atoms with van der Waals surface area (Å²) >= 11 is 6.18. The van der Waals surface area contributed by atoms with E-state index in [1.54, 1.807) is 0 Å². The third-order valence-electron chi connectivity index (χ3n) is 4.68. The van der Waals surface area contributed by atoms with Crippen molar-refractivity contribution in [2.24, 2.45) is 0 Å². The largest absolute Gasteiger partial charge is 0.494 e. The average molecular weight is 388 g/mol. The number of piperazine rings is 1. The van der Waals surface area contributed by atoms with Gasteiger partial charge in [-0.25, -0.2) is 0 Å². The monoisotopic (exact) mass is 387 g/mol. The molecule has 3 rings (SSSR count). The molecule has 0 unspecified atom stereocenters. The van der Waals surface area contributed by atoms with Crippen molar-refractivity contribution in [3.05, 3.63) is 53.1 Å². The Morgan fingerprint density at radius 1 is 1.11 bits per heavy atom. The van der Waals surface area contributed by atoms with Gasteiger partial charge in [0.25, 0.3) is 0 Å². The van der Waals surface area contributed by atoms with Crippen LogP contribution in [0.4, 0.5) is 11.4 Å². The molecule has 2 aromatic carbocycles. The summed E-state index contributed by atoms with van der Waals surface area (Å²) in [4.78, 5) is 17.2. The van der Waals surface area contributed by atoms with E-state index in [0.717, 1.165) is 48.9 Å². The van der Waals surface area contributed by atoms with E-state index in [9.17, 15) is 4.79 Å². The highest BCUT2D eigenvalue weighted by atomic mass is 35.5. The quantitative estimate of drug-likeness (QED) is 0.821. The van der Waals surface area contributed by atoms with Crippen LogP contribution in [0.3, 0.4) is 0 Å². The predicted octanol–water partition coefficient (Wildman–Crippen LogP) is 3.67. The van der Waals surface area contributed by atoms with Crippen LogP contribution in [0.1, 0.15) is 12.5 Å². The first-order valence-electron chi connectivity index (χ1n) is 9.30. The topological polar surface area (TPSA) is 44.8 Å². The number of anilines is 2. The lowest BCUT2D eigenvalue weighted by Crippen LogP contribution is -2.44. The molecule has 1 saturated heterocycles. The SMILES string of the molecule is CCOc1ccc(CC(=O)Nc2cc(Cl)ccc2N2CCN(C)CC2)cc1. The van der Waals surface area contributed by atoms with Gasteiger partial charge in [-0.15, -0.1) is 0 Å². The molecule has 1 aliphatic heterocycles. The molecular weight excluding hydrogens is 362 g/mol. The third-order valence-corrected chi connectivity index (χ3v) is 4.91. The summed E-state index contributed by atoms with van der Waals surface area (Å²) in [5.74, 6) is 0.755. The maximum atomic E-state index is 12.6. The number of likely N-dealkylation sites (N-methyl/N-ethyl adjacent to an activating group) is 1. The number of hydrogen-bond acceptors (Lipinski definition) is 4. The molecular formula is C21H26ClN3O2. The van der Waals surface area contributed by atoms with Gasteiger partial charge in [0.2, 0.25) is 5.91 Å². The van der Waals surface area contributed by atoms with E-state index in [1.165, 1.54) is 0 Å². The van der Waals surface area contributed by atoms with Crippen molar-refractivity contribution in [2.45, 2.75) is 13.3 Å². The van der Waals surface area contributed by atoms with Crippen molar-refractivity contribution in [2.75, 3.05) is 50.1 Å². The second-order valence-electron chi connectivity index (χ2n) is 6.75. The summed E-state index contributed by atoms with van der Waals surface area (Å²) in [6.45, 7) is 6.44. The number of carbonyl (C=O) groups is 1. The van der Waals surface area contributed by atoms with Crippen LogP contribution in [0, 0.1) is 0 Å². The molecule has 0 atom stereocenters. The Kier molecular flexibility index (Phi) is 6.58. The fourth-order valence-corrected chi connectivity index (χ4v) is 3.35. The van der Waals surface area contributed by atoms with E-state index in [4.69, 9.17) is 16.3 Å². The van der Waals surface area contributed by atoms with Crippen LogP contribution in [0.15, 0.2) is 42.5 Å². The van der Waals surface area contributed by atoms with Crippen molar-refractivity contribution >= 4 is 28.9 Å². The Bertz CT molecular complexity index is 771. The van der Waals surface area contributed by atoms with E-state index in [1.807, 2.05) is 49.4 Å². The van der Waals surface area contributed by atoms with Crippen molar-refractivity contribution in [3.63, 3.8) is 0 Å². The summed E-state index contributed by atoms with van der Waals surface area (Å²) in [5, 5.41) is 3.65. The summed E-state index contributed by atoms with van der Waals surface area (Å²) in [5.41, 5.74) is 2.73. The summed E-state index contributed by atoms with van der Waals surface area (Å²) < 4.78 is 5.44. The molecule has 144 valence electrons. The lowest BCUT2D eigenvalue weighted by Gasteiger charge is -2.35. The first-order valence-corrected chi connectivity index (χ1v) is 9.67. The Morgan fingerprint density at radius 2 is 1.81 bits per heavy atom. The summed E-state index contributed by atoms with van der Waals surface area (Å²) in [7, 11) is 2.12. The second kappa shape index (κ2) is 9.11. The highest BCUT2D eigenvalue weighted by Gasteiger charge is 2.18. The zero-order valence-electron chi connectivity index (χ0n) is 15.9. The number of hydrogen-bond donors (Lipinski definition) is 1. The number of rotatable bonds is 6. The lowest BCUT2D eigenvalue weighted by atomic mass is 10.1. The van der Waals surface area contributed by atoms with Gasteiger partial charge in [0.05, 0.1) is 24.4 Å². The number of nitrogens with zero attached hydrogens (tertiary/aromatic N) is 2. The molecule has 2 aromatic rings. The smallest absolute Gasteiger partial charge is 0.228 e. The van der Waals surface area contributed by atoms with E-state index in [0.29, 0.717) is 18.1 Å². The highest BCUT2D eigenvalue weighted by Crippen LogP contribution is 2.30. The maximum absolute atomic E-state index is 12.6. The van der Waals surface area contributed by atoms with Crippen LogP contribution < -0.4 is 15.0 Å². The number of ether oxygens (including phenoxy) is 1. The first kappa shape index (κ1) is 19.5. The Labute approximate surface area is 165 Å². The fourth-order valence-electron chi connectivity index (χ4n) is 3.18. The van der Waals surface area contributed by atoms with E-state index in [2.05, 4.69) is 22.2 Å². The van der Waals surface area contributed by atoms with Crippen LogP contribution in [0.2, 0.25) is 5.02 Å². The van der Waals surface area contributed by atoms with E-state index in [-0.39, 0.29) is 5.91 Å². The molecule has 1 heterocycles.